The molecule has 0 amide bonds. The van der Waals surface area contributed by atoms with Gasteiger partial charge in [0.2, 0.25) is 0 Å². The molecule has 1 aromatic carbocycles. The minimum absolute atomic E-state index is 0.0832. The molecule has 0 saturated carbocycles. The molecular weight excluding hydrogens is 366 g/mol. The lowest BCUT2D eigenvalue weighted by Crippen LogP contribution is -2.44. The van der Waals surface area contributed by atoms with Crippen molar-refractivity contribution in [2.45, 2.75) is 58.2 Å². The molecule has 7 nitrogen and oxygen atoms in total. The van der Waals surface area contributed by atoms with Crippen molar-refractivity contribution in [3.05, 3.63) is 46.5 Å². The van der Waals surface area contributed by atoms with Crippen molar-refractivity contribution in [3.63, 3.8) is 0 Å². The largest absolute Gasteiger partial charge is 0.491 e. The zero-order valence-corrected chi connectivity index (χ0v) is 18.0. The molecule has 2 atom stereocenters. The van der Waals surface area contributed by atoms with Crippen molar-refractivity contribution in [2.75, 3.05) is 13.2 Å². The molecular formula is C19H31NO6Si. The van der Waals surface area contributed by atoms with Crippen LogP contribution in [-0.4, -0.2) is 37.9 Å². The van der Waals surface area contributed by atoms with Gasteiger partial charge in [-0.05, 0) is 31.1 Å². The molecule has 2 unspecified atom stereocenters. The highest BCUT2D eigenvalue weighted by molar-refractivity contribution is 6.74. The number of nitro groups is 1. The normalized spacial score (nSPS) is 14.5. The monoisotopic (exact) mass is 397 g/mol. The van der Waals surface area contributed by atoms with Crippen molar-refractivity contribution in [2.24, 2.45) is 0 Å². The number of aliphatic hydroxyl groups is 1. The fraction of sp³-hybridized carbons (Fsp3) is 0.579. The summed E-state index contributed by atoms with van der Waals surface area (Å²) in [5, 5.41) is 21.0. The number of nitro benzene ring substituents is 1. The molecule has 27 heavy (non-hydrogen) atoms. The van der Waals surface area contributed by atoms with Gasteiger partial charge in [-0.25, -0.2) is 0 Å². The van der Waals surface area contributed by atoms with Crippen LogP contribution >= 0.6 is 0 Å². The minimum Gasteiger partial charge on any atom is -0.491 e. The Balaban J connectivity index is 2.66. The number of hydrogen-bond acceptors (Lipinski definition) is 6. The lowest BCUT2D eigenvalue weighted by atomic mass is 10.1. The van der Waals surface area contributed by atoms with Crippen molar-refractivity contribution in [3.8, 4) is 5.75 Å². The first-order valence-corrected chi connectivity index (χ1v) is 11.8. The van der Waals surface area contributed by atoms with E-state index in [1.807, 2.05) is 6.92 Å². The molecule has 0 aliphatic carbocycles. The maximum absolute atomic E-state index is 11.0. The Morgan fingerprint density at radius 2 is 1.96 bits per heavy atom. The maximum Gasteiger partial charge on any atom is 0.273 e. The van der Waals surface area contributed by atoms with E-state index in [-0.39, 0.29) is 36.0 Å². The molecule has 0 aromatic heterocycles. The summed E-state index contributed by atoms with van der Waals surface area (Å²) in [7, 11) is -1.93. The van der Waals surface area contributed by atoms with Crippen LogP contribution in [0.15, 0.2) is 30.9 Å². The molecule has 8 heteroatoms. The fourth-order valence-electron chi connectivity index (χ4n) is 2.12. The molecule has 0 aliphatic rings. The maximum atomic E-state index is 11.0. The van der Waals surface area contributed by atoms with Crippen molar-refractivity contribution < 1.29 is 23.9 Å². The third kappa shape index (κ3) is 6.73. The molecule has 0 heterocycles. The van der Waals surface area contributed by atoms with Gasteiger partial charge in [0, 0.05) is 11.6 Å². The molecule has 152 valence electrons. The number of ether oxygens (including phenoxy) is 2. The Morgan fingerprint density at radius 1 is 1.33 bits per heavy atom. The quantitative estimate of drug-likeness (QED) is 0.155. The second-order valence-electron chi connectivity index (χ2n) is 7.82. The molecule has 0 radical (unpaired) electrons. The summed E-state index contributed by atoms with van der Waals surface area (Å²) < 4.78 is 17.4. The van der Waals surface area contributed by atoms with E-state index in [1.165, 1.54) is 24.3 Å². The Hall–Kier alpha value is -1.74. The average molecular weight is 398 g/mol. The Labute approximate surface area is 162 Å². The number of rotatable bonds is 10. The second kappa shape index (κ2) is 9.45. The van der Waals surface area contributed by atoms with E-state index in [0.29, 0.717) is 5.56 Å². The predicted octanol–water partition coefficient (Wildman–Crippen LogP) is 4.58. The van der Waals surface area contributed by atoms with Crippen molar-refractivity contribution in [1.29, 1.82) is 0 Å². The van der Waals surface area contributed by atoms with Gasteiger partial charge in [0.05, 0.1) is 17.6 Å². The van der Waals surface area contributed by atoms with Crippen LogP contribution in [-0.2, 0) is 9.16 Å². The van der Waals surface area contributed by atoms with Crippen LogP contribution in [0.2, 0.25) is 18.1 Å². The zero-order chi connectivity index (χ0) is 20.8. The molecule has 0 fully saturated rings. The van der Waals surface area contributed by atoms with Gasteiger partial charge in [-0.1, -0.05) is 26.8 Å². The SMILES string of the molecule is C=CC(O)c1ccc([N+](=O)[O-])cc1OCCOC(C)O[Si](C)(C)C(C)(C)C. The molecule has 1 aromatic rings. The van der Waals surface area contributed by atoms with Crippen molar-refractivity contribution in [1.82, 2.24) is 0 Å². The summed E-state index contributed by atoms with van der Waals surface area (Å²) in [6.07, 6.45) is -0.0139. The number of benzene rings is 1. The van der Waals surface area contributed by atoms with Crippen LogP contribution in [0.5, 0.6) is 5.75 Å². The molecule has 0 saturated heterocycles. The molecule has 1 rings (SSSR count). The predicted molar refractivity (Wildman–Crippen MR) is 107 cm³/mol. The molecule has 0 spiro atoms. The highest BCUT2D eigenvalue weighted by Crippen LogP contribution is 2.37. The summed E-state index contributed by atoms with van der Waals surface area (Å²) in [6, 6.07) is 4.07. The van der Waals surface area contributed by atoms with E-state index < -0.39 is 19.3 Å². The van der Waals surface area contributed by atoms with Gasteiger partial charge >= 0.3 is 0 Å². The number of hydrogen-bond donors (Lipinski definition) is 1. The van der Waals surface area contributed by atoms with Gasteiger partial charge in [-0.15, -0.1) is 6.58 Å². The highest BCUT2D eigenvalue weighted by atomic mass is 28.4. The van der Waals surface area contributed by atoms with Gasteiger partial charge < -0.3 is 19.0 Å². The van der Waals surface area contributed by atoms with E-state index in [0.717, 1.165) is 0 Å². The smallest absolute Gasteiger partial charge is 0.273 e. The van der Waals surface area contributed by atoms with Crippen LogP contribution < -0.4 is 4.74 Å². The Morgan fingerprint density at radius 3 is 2.48 bits per heavy atom. The standard InChI is InChI=1S/C19H31NO6Si/c1-8-17(21)16-10-9-15(20(22)23)13-18(16)25-12-11-24-14(2)26-27(6,7)19(3,4)5/h8-10,13-14,17,21H,1,11-12H2,2-7H3. The van der Waals surface area contributed by atoms with Crippen LogP contribution in [0, 0.1) is 10.1 Å². The number of aliphatic hydroxyl groups excluding tert-OH is 1. The second-order valence-corrected chi connectivity index (χ2v) is 12.6. The first kappa shape index (κ1) is 23.3. The first-order chi connectivity index (χ1) is 12.4. The molecule has 1 N–H and O–H groups in total. The summed E-state index contributed by atoms with van der Waals surface area (Å²) in [5.74, 6) is 0.234. The zero-order valence-electron chi connectivity index (χ0n) is 17.0. The Kier molecular flexibility index (Phi) is 8.16. The van der Waals surface area contributed by atoms with Crippen LogP contribution in [0.25, 0.3) is 0 Å². The van der Waals surface area contributed by atoms with E-state index in [4.69, 9.17) is 13.9 Å². The van der Waals surface area contributed by atoms with E-state index >= 15 is 0 Å². The first-order valence-electron chi connectivity index (χ1n) is 8.90. The van der Waals surface area contributed by atoms with E-state index in [9.17, 15) is 15.2 Å². The van der Waals surface area contributed by atoms with Crippen molar-refractivity contribution >= 4 is 14.0 Å². The topological polar surface area (TPSA) is 91.1 Å². The van der Waals surface area contributed by atoms with Gasteiger partial charge in [-0.2, -0.15) is 0 Å². The molecule has 0 bridgehead atoms. The fourth-order valence-corrected chi connectivity index (χ4v) is 3.38. The van der Waals surface area contributed by atoms with Crippen LogP contribution in [0.1, 0.15) is 39.4 Å². The lowest BCUT2D eigenvalue weighted by molar-refractivity contribution is -0.385. The minimum atomic E-state index is -1.93. The lowest BCUT2D eigenvalue weighted by Gasteiger charge is -2.38. The van der Waals surface area contributed by atoms with Crippen LogP contribution in [0.3, 0.4) is 0 Å². The van der Waals surface area contributed by atoms with Gasteiger partial charge in [0.25, 0.3) is 5.69 Å². The Bertz CT molecular complexity index is 656. The van der Waals surface area contributed by atoms with E-state index in [2.05, 4.69) is 40.4 Å². The third-order valence-corrected chi connectivity index (χ3v) is 9.24. The molecule has 0 aliphatic heterocycles. The van der Waals surface area contributed by atoms with Gasteiger partial charge in [0.15, 0.2) is 8.32 Å². The third-order valence-electron chi connectivity index (χ3n) is 4.71. The highest BCUT2D eigenvalue weighted by Gasteiger charge is 2.38. The summed E-state index contributed by atoms with van der Waals surface area (Å²) >= 11 is 0. The van der Waals surface area contributed by atoms with Gasteiger partial charge in [0.1, 0.15) is 24.8 Å². The summed E-state index contributed by atoms with van der Waals surface area (Å²) in [5.41, 5.74) is 0.307. The van der Waals surface area contributed by atoms with E-state index in [1.54, 1.807) is 0 Å². The van der Waals surface area contributed by atoms with Gasteiger partial charge in [-0.3, -0.25) is 10.1 Å². The number of nitrogens with zero attached hydrogens (tertiary/aromatic N) is 1. The summed E-state index contributed by atoms with van der Waals surface area (Å²) in [4.78, 5) is 10.5. The number of non-ortho nitro benzene ring substituents is 1. The van der Waals surface area contributed by atoms with Crippen LogP contribution in [0.4, 0.5) is 5.69 Å². The summed E-state index contributed by atoms with van der Waals surface area (Å²) in [6.45, 7) is 16.6. The average Bonchev–Trinajstić information content (AvgIpc) is 2.56.